The van der Waals surface area contributed by atoms with Crippen LogP contribution >= 0.6 is 22.9 Å². The van der Waals surface area contributed by atoms with Gasteiger partial charge in [-0.3, -0.25) is 10.1 Å². The molecule has 7 heteroatoms. The first-order chi connectivity index (χ1) is 11.2. The third-order valence-corrected chi connectivity index (χ3v) is 4.26. The molecule has 0 radical (unpaired) electrons. The topological polar surface area (TPSA) is 64.1 Å². The number of nitrogens with zero attached hydrogens (tertiary/aromatic N) is 2. The summed E-state index contributed by atoms with van der Waals surface area (Å²) < 4.78 is 5.07. The van der Waals surface area contributed by atoms with Crippen LogP contribution in [0.25, 0.3) is 10.6 Å². The summed E-state index contributed by atoms with van der Waals surface area (Å²) in [6.07, 6.45) is 0. The predicted molar refractivity (Wildman–Crippen MR) is 91.3 cm³/mol. The van der Waals surface area contributed by atoms with E-state index >= 15 is 0 Å². The number of carbonyl (C=O) groups excluding carboxylic acids is 1. The lowest BCUT2D eigenvalue weighted by Crippen LogP contribution is -2.11. The Kier molecular flexibility index (Phi) is 4.55. The minimum atomic E-state index is -0.301. The molecule has 0 aliphatic rings. The number of methoxy groups -OCH3 is 1. The number of halogens is 1. The number of anilines is 1. The first kappa shape index (κ1) is 15.5. The molecule has 0 spiro atoms. The standard InChI is InChI=1S/C16H12ClN3O2S/c1-22-13-8-7-11(9-12(13)17)14(21)18-16-20-19-15(23-16)10-5-3-2-4-6-10/h2-9H,1H3,(H,18,20,21). The SMILES string of the molecule is COc1ccc(C(=O)Nc2nnc(-c3ccccc3)s2)cc1Cl. The van der Waals surface area contributed by atoms with Crippen molar-refractivity contribution in [2.24, 2.45) is 0 Å². The maximum atomic E-state index is 12.2. The highest BCUT2D eigenvalue weighted by molar-refractivity contribution is 7.18. The Bertz CT molecular complexity index is 836. The van der Waals surface area contributed by atoms with E-state index in [0.717, 1.165) is 10.6 Å². The van der Waals surface area contributed by atoms with Crippen LogP contribution in [0.3, 0.4) is 0 Å². The monoisotopic (exact) mass is 345 g/mol. The predicted octanol–water partition coefficient (Wildman–Crippen LogP) is 4.12. The van der Waals surface area contributed by atoms with Gasteiger partial charge in [-0.15, -0.1) is 10.2 Å². The van der Waals surface area contributed by atoms with Gasteiger partial charge in [-0.05, 0) is 18.2 Å². The highest BCUT2D eigenvalue weighted by Crippen LogP contribution is 2.28. The lowest BCUT2D eigenvalue weighted by atomic mass is 10.2. The van der Waals surface area contributed by atoms with Gasteiger partial charge >= 0.3 is 0 Å². The number of hydrogen-bond acceptors (Lipinski definition) is 5. The smallest absolute Gasteiger partial charge is 0.257 e. The van der Waals surface area contributed by atoms with E-state index in [1.54, 1.807) is 18.2 Å². The molecule has 0 unspecified atom stereocenters. The van der Waals surface area contributed by atoms with E-state index in [1.807, 2.05) is 30.3 Å². The average molecular weight is 346 g/mol. The number of nitrogens with one attached hydrogen (secondary N) is 1. The van der Waals surface area contributed by atoms with Gasteiger partial charge in [0.25, 0.3) is 5.91 Å². The Labute approximate surface area is 141 Å². The third-order valence-electron chi connectivity index (χ3n) is 3.08. The molecule has 1 N–H and O–H groups in total. The molecule has 1 aromatic heterocycles. The van der Waals surface area contributed by atoms with Crippen LogP contribution in [0.1, 0.15) is 10.4 Å². The van der Waals surface area contributed by atoms with Crippen LogP contribution in [0.4, 0.5) is 5.13 Å². The average Bonchev–Trinajstić information content (AvgIpc) is 3.04. The van der Waals surface area contributed by atoms with Crippen LogP contribution in [0.5, 0.6) is 5.75 Å². The fourth-order valence-corrected chi connectivity index (χ4v) is 2.95. The molecule has 0 aliphatic carbocycles. The van der Waals surface area contributed by atoms with Gasteiger partial charge < -0.3 is 4.74 Å². The van der Waals surface area contributed by atoms with Crippen LogP contribution in [-0.4, -0.2) is 23.2 Å². The maximum absolute atomic E-state index is 12.2. The van der Waals surface area contributed by atoms with Gasteiger partial charge in [-0.1, -0.05) is 53.3 Å². The van der Waals surface area contributed by atoms with Gasteiger partial charge in [0.2, 0.25) is 5.13 Å². The van der Waals surface area contributed by atoms with Crippen molar-refractivity contribution in [3.8, 4) is 16.3 Å². The zero-order chi connectivity index (χ0) is 16.2. The van der Waals surface area contributed by atoms with Crippen molar-refractivity contribution < 1.29 is 9.53 Å². The van der Waals surface area contributed by atoms with E-state index in [4.69, 9.17) is 16.3 Å². The van der Waals surface area contributed by atoms with Crippen LogP contribution in [-0.2, 0) is 0 Å². The molecule has 0 atom stereocenters. The number of carbonyl (C=O) groups is 1. The molecule has 116 valence electrons. The maximum Gasteiger partial charge on any atom is 0.257 e. The second kappa shape index (κ2) is 6.76. The van der Waals surface area contributed by atoms with Crippen molar-refractivity contribution in [3.05, 3.63) is 59.1 Å². The molecular formula is C16H12ClN3O2S. The molecular weight excluding hydrogens is 334 g/mol. The second-order valence-corrected chi connectivity index (χ2v) is 5.97. The first-order valence-corrected chi connectivity index (χ1v) is 7.90. The molecule has 1 heterocycles. The van der Waals surface area contributed by atoms with Crippen molar-refractivity contribution in [1.29, 1.82) is 0 Å². The fourth-order valence-electron chi connectivity index (χ4n) is 1.95. The largest absolute Gasteiger partial charge is 0.495 e. The normalized spacial score (nSPS) is 10.3. The highest BCUT2D eigenvalue weighted by Gasteiger charge is 2.13. The Morgan fingerprint density at radius 2 is 1.96 bits per heavy atom. The summed E-state index contributed by atoms with van der Waals surface area (Å²) in [5.74, 6) is 0.218. The summed E-state index contributed by atoms with van der Waals surface area (Å²) in [6, 6.07) is 14.5. The van der Waals surface area contributed by atoms with E-state index in [9.17, 15) is 4.79 Å². The van der Waals surface area contributed by atoms with Crippen molar-refractivity contribution in [2.45, 2.75) is 0 Å². The summed E-state index contributed by atoms with van der Waals surface area (Å²) in [6.45, 7) is 0. The third kappa shape index (κ3) is 3.49. The molecule has 3 rings (SSSR count). The zero-order valence-corrected chi connectivity index (χ0v) is 13.7. The molecule has 23 heavy (non-hydrogen) atoms. The van der Waals surface area contributed by atoms with E-state index in [1.165, 1.54) is 18.4 Å². The molecule has 0 bridgehead atoms. The molecule has 0 saturated carbocycles. The lowest BCUT2D eigenvalue weighted by Gasteiger charge is -2.05. The molecule has 5 nitrogen and oxygen atoms in total. The summed E-state index contributed by atoms with van der Waals surface area (Å²) in [4.78, 5) is 12.2. The summed E-state index contributed by atoms with van der Waals surface area (Å²) >= 11 is 7.34. The Balaban J connectivity index is 1.76. The number of ether oxygens (including phenoxy) is 1. The Morgan fingerprint density at radius 3 is 2.65 bits per heavy atom. The highest BCUT2D eigenvalue weighted by atomic mass is 35.5. The molecule has 1 amide bonds. The van der Waals surface area contributed by atoms with Gasteiger partial charge in [-0.25, -0.2) is 0 Å². The van der Waals surface area contributed by atoms with E-state index < -0.39 is 0 Å². The quantitative estimate of drug-likeness (QED) is 0.772. The lowest BCUT2D eigenvalue weighted by molar-refractivity contribution is 0.102. The number of hydrogen-bond donors (Lipinski definition) is 1. The number of amides is 1. The van der Waals surface area contributed by atoms with Crippen molar-refractivity contribution in [2.75, 3.05) is 12.4 Å². The van der Waals surface area contributed by atoms with Gasteiger partial charge in [0, 0.05) is 11.1 Å². The van der Waals surface area contributed by atoms with Crippen molar-refractivity contribution >= 4 is 34.0 Å². The molecule has 0 fully saturated rings. The molecule has 2 aromatic carbocycles. The van der Waals surface area contributed by atoms with Gasteiger partial charge in [0.15, 0.2) is 0 Å². The summed E-state index contributed by atoms with van der Waals surface area (Å²) in [5.41, 5.74) is 1.38. The van der Waals surface area contributed by atoms with E-state index in [0.29, 0.717) is 21.5 Å². The number of rotatable bonds is 4. The minimum absolute atomic E-state index is 0.301. The second-order valence-electron chi connectivity index (χ2n) is 4.58. The minimum Gasteiger partial charge on any atom is -0.495 e. The molecule has 0 aliphatic heterocycles. The molecule has 0 saturated heterocycles. The fraction of sp³-hybridized carbons (Fsp3) is 0.0625. The zero-order valence-electron chi connectivity index (χ0n) is 12.1. The van der Waals surface area contributed by atoms with Crippen LogP contribution < -0.4 is 10.1 Å². The van der Waals surface area contributed by atoms with Crippen LogP contribution in [0.15, 0.2) is 48.5 Å². The number of benzene rings is 2. The summed E-state index contributed by atoms with van der Waals surface area (Å²) in [7, 11) is 1.52. The summed E-state index contributed by atoms with van der Waals surface area (Å²) in [5, 5.41) is 12.4. The Morgan fingerprint density at radius 1 is 1.17 bits per heavy atom. The van der Waals surface area contributed by atoms with Crippen molar-refractivity contribution in [1.82, 2.24) is 10.2 Å². The van der Waals surface area contributed by atoms with Crippen molar-refractivity contribution in [3.63, 3.8) is 0 Å². The number of aromatic nitrogens is 2. The van der Waals surface area contributed by atoms with Gasteiger partial charge in [-0.2, -0.15) is 0 Å². The van der Waals surface area contributed by atoms with Gasteiger partial charge in [0.1, 0.15) is 10.8 Å². The Hall–Kier alpha value is -2.44. The van der Waals surface area contributed by atoms with Gasteiger partial charge in [0.05, 0.1) is 12.1 Å². The van der Waals surface area contributed by atoms with Crippen LogP contribution in [0, 0.1) is 0 Å². The van der Waals surface area contributed by atoms with E-state index in [-0.39, 0.29) is 5.91 Å². The molecule has 3 aromatic rings. The van der Waals surface area contributed by atoms with E-state index in [2.05, 4.69) is 15.5 Å². The van der Waals surface area contributed by atoms with Crippen LogP contribution in [0.2, 0.25) is 5.02 Å². The first-order valence-electron chi connectivity index (χ1n) is 6.71.